The Morgan fingerprint density at radius 2 is 2.18 bits per heavy atom. The van der Waals surface area contributed by atoms with Crippen LogP contribution in [0.1, 0.15) is 13.8 Å². The number of aliphatic hydroxyl groups excluding tert-OH is 1. The maximum absolute atomic E-state index is 11.0. The van der Waals surface area contributed by atoms with Crippen molar-refractivity contribution < 1.29 is 19.4 Å². The van der Waals surface area contributed by atoms with E-state index in [0.717, 1.165) is 10.9 Å². The molecule has 1 atom stereocenters. The molecule has 2 rings (SSSR count). The van der Waals surface area contributed by atoms with Crippen LogP contribution in [0, 0.1) is 0 Å². The number of rotatable bonds is 3. The highest BCUT2D eigenvalue weighted by Gasteiger charge is 2.12. The fraction of sp³-hybridized carbons (Fsp3) is 0.250. The van der Waals surface area contributed by atoms with E-state index in [-0.39, 0.29) is 0 Å². The quantitative estimate of drug-likeness (QED) is 0.483. The zero-order valence-electron chi connectivity index (χ0n) is 9.56. The van der Waals surface area contributed by atoms with Crippen LogP contribution in [-0.2, 0) is 4.79 Å². The van der Waals surface area contributed by atoms with E-state index < -0.39 is 12.3 Å². The summed E-state index contributed by atoms with van der Waals surface area (Å²) in [6, 6.07) is 5.22. The first-order valence-electron chi connectivity index (χ1n) is 5.20. The maximum atomic E-state index is 11.0. The summed E-state index contributed by atoms with van der Waals surface area (Å²) in [5.74, 6) is 0.186. The minimum Gasteiger partial charge on any atom is -0.461 e. The molecule has 0 saturated heterocycles. The molecule has 0 radical (unpaired) electrons. The Morgan fingerprint density at radius 3 is 2.82 bits per heavy atom. The molecule has 0 aliphatic heterocycles. The highest BCUT2D eigenvalue weighted by atomic mass is 16.6. The molecule has 0 spiro atoms. The van der Waals surface area contributed by atoms with Gasteiger partial charge in [0.15, 0.2) is 17.8 Å². The zero-order chi connectivity index (χ0) is 12.4. The Morgan fingerprint density at radius 1 is 1.41 bits per heavy atom. The van der Waals surface area contributed by atoms with Crippen LogP contribution in [0.5, 0.6) is 11.5 Å². The van der Waals surface area contributed by atoms with E-state index >= 15 is 0 Å². The second-order valence-electron chi connectivity index (χ2n) is 3.67. The summed E-state index contributed by atoms with van der Waals surface area (Å²) in [5, 5.41) is 10.1. The summed E-state index contributed by atoms with van der Waals surface area (Å²) in [7, 11) is 0. The zero-order valence-corrected chi connectivity index (χ0v) is 9.56. The molecule has 1 aromatic heterocycles. The fourth-order valence-electron chi connectivity index (χ4n) is 1.57. The molecular formula is C12H13NO4. The lowest BCUT2D eigenvalue weighted by Gasteiger charge is -2.12. The van der Waals surface area contributed by atoms with Crippen molar-refractivity contribution in [3.8, 4) is 11.5 Å². The van der Waals surface area contributed by atoms with Gasteiger partial charge in [-0.2, -0.15) is 0 Å². The third-order valence-electron chi connectivity index (χ3n) is 2.17. The van der Waals surface area contributed by atoms with Crippen LogP contribution in [0.2, 0.25) is 0 Å². The van der Waals surface area contributed by atoms with Crippen LogP contribution in [-0.4, -0.2) is 22.3 Å². The lowest BCUT2D eigenvalue weighted by atomic mass is 10.2. The van der Waals surface area contributed by atoms with Gasteiger partial charge >= 0.3 is 5.97 Å². The number of nitrogens with one attached hydrogen (secondary N) is 1. The first-order chi connectivity index (χ1) is 8.06. The molecule has 1 heterocycles. The second-order valence-corrected chi connectivity index (χ2v) is 3.67. The number of benzene rings is 1. The largest absolute Gasteiger partial charge is 0.461 e. The van der Waals surface area contributed by atoms with Crippen molar-refractivity contribution in [3.05, 3.63) is 24.4 Å². The van der Waals surface area contributed by atoms with Crippen molar-refractivity contribution in [2.45, 2.75) is 20.1 Å². The van der Waals surface area contributed by atoms with Crippen LogP contribution in [0.15, 0.2) is 24.4 Å². The van der Waals surface area contributed by atoms with E-state index in [1.165, 1.54) is 13.8 Å². The van der Waals surface area contributed by atoms with Gasteiger partial charge in [-0.15, -0.1) is 0 Å². The van der Waals surface area contributed by atoms with Crippen molar-refractivity contribution in [1.82, 2.24) is 4.98 Å². The molecule has 0 aliphatic rings. The third-order valence-corrected chi connectivity index (χ3v) is 2.17. The number of ether oxygens (including phenoxy) is 2. The van der Waals surface area contributed by atoms with Crippen LogP contribution >= 0.6 is 0 Å². The number of hydrogen-bond donors (Lipinski definition) is 2. The van der Waals surface area contributed by atoms with Crippen molar-refractivity contribution in [2.24, 2.45) is 0 Å². The summed E-state index contributed by atoms with van der Waals surface area (Å²) in [6.45, 7) is 2.80. The molecule has 1 unspecified atom stereocenters. The highest BCUT2D eigenvalue weighted by molar-refractivity contribution is 5.84. The molecule has 1 aromatic carbocycles. The van der Waals surface area contributed by atoms with E-state index in [1.54, 1.807) is 18.3 Å². The predicted octanol–water partition coefficient (Wildman–Crippen LogP) is 1.81. The van der Waals surface area contributed by atoms with Gasteiger partial charge in [0.05, 0.1) is 0 Å². The van der Waals surface area contributed by atoms with Gasteiger partial charge in [0.25, 0.3) is 0 Å². The van der Waals surface area contributed by atoms with Crippen molar-refractivity contribution in [2.75, 3.05) is 0 Å². The van der Waals surface area contributed by atoms with E-state index in [4.69, 9.17) is 9.47 Å². The normalized spacial score (nSPS) is 12.4. The number of aromatic amines is 1. The van der Waals surface area contributed by atoms with E-state index in [2.05, 4.69) is 4.98 Å². The van der Waals surface area contributed by atoms with Gasteiger partial charge in [0.1, 0.15) is 0 Å². The molecule has 17 heavy (non-hydrogen) atoms. The maximum Gasteiger partial charge on any atom is 0.308 e. The van der Waals surface area contributed by atoms with Gasteiger partial charge in [-0.25, -0.2) is 0 Å². The number of H-pyrrole nitrogens is 1. The summed E-state index contributed by atoms with van der Waals surface area (Å²) < 4.78 is 10.2. The lowest BCUT2D eigenvalue weighted by Crippen LogP contribution is -2.11. The third kappa shape index (κ3) is 2.57. The molecule has 0 amide bonds. The number of carbonyl (C=O) groups is 1. The van der Waals surface area contributed by atoms with E-state index in [0.29, 0.717) is 11.5 Å². The molecule has 5 heteroatoms. The number of esters is 1. The number of aromatic nitrogens is 1. The Hall–Kier alpha value is -2.01. The van der Waals surface area contributed by atoms with E-state index in [9.17, 15) is 9.90 Å². The van der Waals surface area contributed by atoms with Gasteiger partial charge < -0.3 is 19.6 Å². The van der Waals surface area contributed by atoms with Crippen LogP contribution in [0.3, 0.4) is 0 Å². The van der Waals surface area contributed by atoms with Crippen LogP contribution in [0.4, 0.5) is 0 Å². The molecule has 2 aromatic rings. The predicted molar refractivity (Wildman–Crippen MR) is 61.9 cm³/mol. The van der Waals surface area contributed by atoms with Gasteiger partial charge in [0, 0.05) is 30.1 Å². The standard InChI is InChI=1S/C12H13NO4/c1-7(14)16-11-5-9-3-4-13-10(9)6-12(11)17-8(2)15/h3-6,8,13,15H,1-2H3. The first kappa shape index (κ1) is 11.5. The minimum absolute atomic E-state index is 0.297. The van der Waals surface area contributed by atoms with Crippen molar-refractivity contribution >= 4 is 16.9 Å². The average Bonchev–Trinajstić information content (AvgIpc) is 2.63. The molecular weight excluding hydrogens is 222 g/mol. The van der Waals surface area contributed by atoms with Crippen LogP contribution in [0.25, 0.3) is 10.9 Å². The Balaban J connectivity index is 2.47. The van der Waals surface area contributed by atoms with Gasteiger partial charge in [-0.05, 0) is 19.1 Å². The van der Waals surface area contributed by atoms with Crippen molar-refractivity contribution in [3.63, 3.8) is 0 Å². The lowest BCUT2D eigenvalue weighted by molar-refractivity contribution is -0.132. The average molecular weight is 235 g/mol. The number of carbonyl (C=O) groups excluding carboxylic acids is 1. The molecule has 90 valence electrons. The Kier molecular flexibility index (Phi) is 3.01. The summed E-state index contributed by atoms with van der Waals surface area (Å²) >= 11 is 0. The SMILES string of the molecule is CC(=O)Oc1cc2cc[nH]c2cc1OC(C)O. The van der Waals surface area contributed by atoms with Gasteiger partial charge in [-0.1, -0.05) is 0 Å². The molecule has 5 nitrogen and oxygen atoms in total. The van der Waals surface area contributed by atoms with Gasteiger partial charge in [0.2, 0.25) is 0 Å². The summed E-state index contributed by atoms with van der Waals surface area (Å²) in [6.07, 6.45) is 0.797. The topological polar surface area (TPSA) is 71.6 Å². The molecule has 2 N–H and O–H groups in total. The molecule has 0 fully saturated rings. The first-order valence-corrected chi connectivity index (χ1v) is 5.20. The molecule has 0 saturated carbocycles. The monoisotopic (exact) mass is 235 g/mol. The second kappa shape index (κ2) is 4.47. The molecule has 0 bridgehead atoms. The Bertz CT molecular complexity index is 544. The van der Waals surface area contributed by atoms with Crippen LogP contribution < -0.4 is 9.47 Å². The fourth-order valence-corrected chi connectivity index (χ4v) is 1.57. The number of hydrogen-bond acceptors (Lipinski definition) is 4. The Labute approximate surface area is 98.0 Å². The van der Waals surface area contributed by atoms with E-state index in [1.807, 2.05) is 6.07 Å². The summed E-state index contributed by atoms with van der Waals surface area (Å²) in [5.41, 5.74) is 0.844. The van der Waals surface area contributed by atoms with Gasteiger partial charge in [-0.3, -0.25) is 4.79 Å². The smallest absolute Gasteiger partial charge is 0.308 e. The molecule has 0 aliphatic carbocycles. The number of aliphatic hydroxyl groups is 1. The highest BCUT2D eigenvalue weighted by Crippen LogP contribution is 2.32. The van der Waals surface area contributed by atoms with Crippen molar-refractivity contribution in [1.29, 1.82) is 0 Å². The summed E-state index contributed by atoms with van der Waals surface area (Å²) in [4.78, 5) is 14.0. The minimum atomic E-state index is -0.975. The number of fused-ring (bicyclic) bond motifs is 1.